The molecule has 0 aliphatic rings. The Morgan fingerprint density at radius 1 is 0.800 bits per heavy atom. The highest BCUT2D eigenvalue weighted by Crippen LogP contribution is 2.30. The molecule has 0 radical (unpaired) electrons. The maximum Gasteiger partial charge on any atom is 0.433 e. The average Bonchev–Trinajstić information content (AvgIpc) is 2.45. The van der Waals surface area contributed by atoms with Crippen LogP contribution in [0.2, 0.25) is 0 Å². The highest BCUT2D eigenvalue weighted by molar-refractivity contribution is 5.37. The maximum absolute atomic E-state index is 12.3. The molecule has 4 nitrogen and oxygen atoms in total. The fourth-order valence-electron chi connectivity index (χ4n) is 2.11. The van der Waals surface area contributed by atoms with Crippen LogP contribution in [0.1, 0.15) is 62.0 Å². The van der Waals surface area contributed by atoms with Gasteiger partial charge in [0.25, 0.3) is 0 Å². The molecule has 0 amide bonds. The van der Waals surface area contributed by atoms with Gasteiger partial charge < -0.3 is 11.5 Å². The summed E-state index contributed by atoms with van der Waals surface area (Å²) in [5.41, 5.74) is 12.7. The third-order valence-electron chi connectivity index (χ3n) is 3.49. The lowest BCUT2D eigenvalue weighted by Gasteiger charge is -2.11. The molecule has 0 aromatic carbocycles. The summed E-state index contributed by atoms with van der Waals surface area (Å²) in [6.07, 6.45) is -4.43. The van der Waals surface area contributed by atoms with Gasteiger partial charge in [-0.05, 0) is 54.2 Å². The number of nitrogen functional groups attached to an aromatic ring is 2. The van der Waals surface area contributed by atoms with E-state index in [0.29, 0.717) is 17.3 Å². The second kappa shape index (κ2) is 8.18. The van der Waals surface area contributed by atoms with E-state index >= 15 is 0 Å². The fourth-order valence-corrected chi connectivity index (χ4v) is 2.11. The first-order chi connectivity index (χ1) is 11.4. The number of pyridine rings is 2. The molecule has 25 heavy (non-hydrogen) atoms. The Bertz CT molecular complexity index is 690. The van der Waals surface area contributed by atoms with Gasteiger partial charge >= 0.3 is 6.18 Å². The Morgan fingerprint density at radius 3 is 1.64 bits per heavy atom. The number of aryl methyl sites for hydroxylation is 1. The summed E-state index contributed by atoms with van der Waals surface area (Å²) in [5, 5.41) is 0. The molecule has 2 heterocycles. The SMILES string of the molecule is CC(C)c1cc(N)nc(C(F)(F)F)c1.Cc1cc(C(C)C)cc(N)n1. The number of hydrogen-bond acceptors (Lipinski definition) is 4. The van der Waals surface area contributed by atoms with Crippen molar-refractivity contribution in [2.75, 3.05) is 11.5 Å². The maximum atomic E-state index is 12.3. The first-order valence-electron chi connectivity index (χ1n) is 7.98. The van der Waals surface area contributed by atoms with Crippen molar-refractivity contribution in [1.82, 2.24) is 9.97 Å². The van der Waals surface area contributed by atoms with E-state index in [4.69, 9.17) is 11.5 Å². The molecular formula is C18H25F3N4. The molecule has 0 aliphatic carbocycles. The van der Waals surface area contributed by atoms with Crippen molar-refractivity contribution >= 4 is 11.6 Å². The van der Waals surface area contributed by atoms with Gasteiger partial charge in [0.2, 0.25) is 0 Å². The lowest BCUT2D eigenvalue weighted by atomic mass is 10.0. The first kappa shape index (κ1) is 20.7. The molecule has 0 atom stereocenters. The molecule has 0 saturated carbocycles. The third-order valence-corrected chi connectivity index (χ3v) is 3.49. The lowest BCUT2D eigenvalue weighted by Crippen LogP contribution is -2.10. The number of anilines is 2. The van der Waals surface area contributed by atoms with Crippen LogP contribution in [0.5, 0.6) is 0 Å². The second-order valence-electron chi connectivity index (χ2n) is 6.48. The Kier molecular flexibility index (Phi) is 6.78. The Balaban J connectivity index is 0.000000257. The van der Waals surface area contributed by atoms with Gasteiger partial charge in [0.1, 0.15) is 17.3 Å². The Hall–Kier alpha value is -2.31. The van der Waals surface area contributed by atoms with E-state index in [1.54, 1.807) is 13.8 Å². The normalized spacial score (nSPS) is 11.4. The molecule has 0 fully saturated rings. The zero-order chi connectivity index (χ0) is 19.4. The third kappa shape index (κ3) is 6.60. The van der Waals surface area contributed by atoms with E-state index in [0.717, 1.165) is 11.8 Å². The van der Waals surface area contributed by atoms with Gasteiger partial charge in [0.05, 0.1) is 0 Å². The van der Waals surface area contributed by atoms with Gasteiger partial charge in [0.15, 0.2) is 0 Å². The zero-order valence-electron chi connectivity index (χ0n) is 15.1. The largest absolute Gasteiger partial charge is 0.433 e. The van der Waals surface area contributed by atoms with Gasteiger partial charge in [-0.1, -0.05) is 27.7 Å². The van der Waals surface area contributed by atoms with E-state index in [-0.39, 0.29) is 11.7 Å². The van der Waals surface area contributed by atoms with Crippen LogP contribution >= 0.6 is 0 Å². The quantitative estimate of drug-likeness (QED) is 0.804. The van der Waals surface area contributed by atoms with Crippen molar-refractivity contribution in [3.63, 3.8) is 0 Å². The van der Waals surface area contributed by atoms with Crippen molar-refractivity contribution in [1.29, 1.82) is 0 Å². The molecule has 0 saturated heterocycles. The van der Waals surface area contributed by atoms with Crippen molar-refractivity contribution in [2.45, 2.75) is 52.6 Å². The molecule has 0 unspecified atom stereocenters. The number of rotatable bonds is 2. The number of alkyl halides is 3. The van der Waals surface area contributed by atoms with Gasteiger partial charge in [-0.3, -0.25) is 0 Å². The predicted octanol–water partition coefficient (Wildman–Crippen LogP) is 4.90. The van der Waals surface area contributed by atoms with Crippen LogP contribution in [-0.2, 0) is 6.18 Å². The van der Waals surface area contributed by atoms with Crippen molar-refractivity contribution in [2.24, 2.45) is 0 Å². The van der Waals surface area contributed by atoms with Crippen molar-refractivity contribution < 1.29 is 13.2 Å². The van der Waals surface area contributed by atoms with E-state index in [2.05, 4.69) is 29.9 Å². The van der Waals surface area contributed by atoms with Gasteiger partial charge in [-0.2, -0.15) is 13.2 Å². The van der Waals surface area contributed by atoms with Gasteiger partial charge in [0, 0.05) is 5.69 Å². The Labute approximate surface area is 146 Å². The average molecular weight is 354 g/mol. The fraction of sp³-hybridized carbons (Fsp3) is 0.444. The summed E-state index contributed by atoms with van der Waals surface area (Å²) >= 11 is 0. The van der Waals surface area contributed by atoms with Crippen molar-refractivity contribution in [3.05, 3.63) is 46.8 Å². The van der Waals surface area contributed by atoms with E-state index in [1.165, 1.54) is 11.6 Å². The summed E-state index contributed by atoms with van der Waals surface area (Å²) in [4.78, 5) is 7.33. The van der Waals surface area contributed by atoms with Crippen LogP contribution in [-0.4, -0.2) is 9.97 Å². The first-order valence-corrected chi connectivity index (χ1v) is 7.98. The summed E-state index contributed by atoms with van der Waals surface area (Å²) in [5.74, 6) is 1.05. The minimum Gasteiger partial charge on any atom is -0.384 e. The minimum absolute atomic E-state index is 0.00130. The van der Waals surface area contributed by atoms with Gasteiger partial charge in [-0.25, -0.2) is 9.97 Å². The predicted molar refractivity (Wildman–Crippen MR) is 95.2 cm³/mol. The monoisotopic (exact) mass is 354 g/mol. The van der Waals surface area contributed by atoms with Crippen molar-refractivity contribution in [3.8, 4) is 0 Å². The molecule has 2 rings (SSSR count). The highest BCUT2D eigenvalue weighted by Gasteiger charge is 2.33. The van der Waals surface area contributed by atoms with E-state index < -0.39 is 11.9 Å². The molecule has 0 spiro atoms. The van der Waals surface area contributed by atoms with Crippen LogP contribution in [0.3, 0.4) is 0 Å². The highest BCUT2D eigenvalue weighted by atomic mass is 19.4. The Morgan fingerprint density at radius 2 is 1.24 bits per heavy atom. The second-order valence-corrected chi connectivity index (χ2v) is 6.48. The standard InChI is InChI=1S/C9H11F3N2.C9H14N2/c1-5(2)6-3-7(9(10,11)12)14-8(13)4-6;1-6(2)8-4-7(3)11-9(10)5-8/h3-5H,1-2H3,(H2,13,14);4-6H,1-3H3,(H2,10,11). The number of nitrogens with zero attached hydrogens (tertiary/aromatic N) is 2. The molecular weight excluding hydrogens is 329 g/mol. The number of hydrogen-bond donors (Lipinski definition) is 2. The molecule has 0 bridgehead atoms. The molecule has 4 N–H and O–H groups in total. The van der Waals surface area contributed by atoms with E-state index in [9.17, 15) is 13.2 Å². The molecule has 0 aliphatic heterocycles. The summed E-state index contributed by atoms with van der Waals surface area (Å²) in [6.45, 7) is 9.86. The molecule has 138 valence electrons. The smallest absolute Gasteiger partial charge is 0.384 e. The molecule has 2 aromatic rings. The molecule has 7 heteroatoms. The lowest BCUT2D eigenvalue weighted by molar-refractivity contribution is -0.141. The molecule has 2 aromatic heterocycles. The summed E-state index contributed by atoms with van der Waals surface area (Å²) in [6, 6.07) is 6.49. The topological polar surface area (TPSA) is 77.8 Å². The van der Waals surface area contributed by atoms with E-state index in [1.807, 2.05) is 13.0 Å². The van der Waals surface area contributed by atoms with Gasteiger partial charge in [-0.15, -0.1) is 0 Å². The number of nitrogens with two attached hydrogens (primary N) is 2. The van der Waals surface area contributed by atoms with Crippen LogP contribution in [0.15, 0.2) is 24.3 Å². The number of aromatic nitrogens is 2. The van der Waals surface area contributed by atoms with Crippen LogP contribution in [0.4, 0.5) is 24.8 Å². The zero-order valence-corrected chi connectivity index (χ0v) is 15.1. The number of halogens is 3. The van der Waals surface area contributed by atoms with Crippen LogP contribution in [0, 0.1) is 6.92 Å². The summed E-state index contributed by atoms with van der Waals surface area (Å²) < 4.78 is 36.9. The van der Waals surface area contributed by atoms with Crippen LogP contribution < -0.4 is 11.5 Å². The van der Waals surface area contributed by atoms with Crippen LogP contribution in [0.25, 0.3) is 0 Å². The summed E-state index contributed by atoms with van der Waals surface area (Å²) in [7, 11) is 0. The minimum atomic E-state index is -4.43.